The van der Waals surface area contributed by atoms with Crippen LogP contribution in [-0.2, 0) is 13.1 Å². The molecular formula is C30H30FN5O. The third kappa shape index (κ3) is 5.72. The SMILES string of the molecule is O=c1[nH]c(NCCC(c2ccccc2)c2ccccc2)c(-c2ccccc2F)n1CCCn1ccnc1. The summed E-state index contributed by atoms with van der Waals surface area (Å²) in [5.41, 5.74) is 3.15. The number of aromatic amines is 1. The molecule has 7 heteroatoms. The van der Waals surface area contributed by atoms with E-state index in [1.54, 1.807) is 35.3 Å². The number of hydrogen-bond acceptors (Lipinski definition) is 3. The lowest BCUT2D eigenvalue weighted by atomic mass is 9.88. The maximum absolute atomic E-state index is 14.9. The van der Waals surface area contributed by atoms with Gasteiger partial charge in [-0.15, -0.1) is 0 Å². The first-order chi connectivity index (χ1) is 18.2. The van der Waals surface area contributed by atoms with Crippen molar-refractivity contribution in [2.75, 3.05) is 11.9 Å². The standard InChI is InChI=1S/C30H30FN5O/c31-27-15-8-7-14-26(27)28-29(34-30(37)36(28)20-9-19-35-21-18-32-22-35)33-17-16-25(23-10-3-1-4-11-23)24-12-5-2-6-13-24/h1-8,10-15,18,21-22,25,33H,9,16-17,19-20H2,(H,34,37). The van der Waals surface area contributed by atoms with Gasteiger partial charge in [-0.1, -0.05) is 72.8 Å². The number of nitrogens with one attached hydrogen (secondary N) is 2. The van der Waals surface area contributed by atoms with Gasteiger partial charge >= 0.3 is 5.69 Å². The van der Waals surface area contributed by atoms with Gasteiger partial charge in [0.1, 0.15) is 11.6 Å². The quantitative estimate of drug-likeness (QED) is 0.240. The molecule has 0 saturated carbocycles. The molecule has 2 aromatic heterocycles. The fraction of sp³-hybridized carbons (Fsp3) is 0.200. The fourth-order valence-corrected chi connectivity index (χ4v) is 4.81. The van der Waals surface area contributed by atoms with Gasteiger partial charge < -0.3 is 9.88 Å². The van der Waals surface area contributed by atoms with Crippen molar-refractivity contribution in [1.82, 2.24) is 19.1 Å². The normalized spacial score (nSPS) is 11.2. The second-order valence-corrected chi connectivity index (χ2v) is 9.03. The van der Waals surface area contributed by atoms with E-state index in [1.807, 2.05) is 22.9 Å². The minimum Gasteiger partial charge on any atom is -0.370 e. The van der Waals surface area contributed by atoms with Crippen molar-refractivity contribution in [2.24, 2.45) is 0 Å². The number of aryl methyl sites for hydroxylation is 1. The van der Waals surface area contributed by atoms with Crippen LogP contribution in [0.5, 0.6) is 0 Å². The summed E-state index contributed by atoms with van der Waals surface area (Å²) in [6, 6.07) is 27.4. The van der Waals surface area contributed by atoms with Gasteiger partial charge in [0.05, 0.1) is 12.0 Å². The summed E-state index contributed by atoms with van der Waals surface area (Å²) in [7, 11) is 0. The molecule has 37 heavy (non-hydrogen) atoms. The van der Waals surface area contributed by atoms with Crippen LogP contribution in [0.25, 0.3) is 11.3 Å². The van der Waals surface area contributed by atoms with Crippen LogP contribution >= 0.6 is 0 Å². The Morgan fingerprint density at radius 1 is 0.892 bits per heavy atom. The van der Waals surface area contributed by atoms with E-state index in [1.165, 1.54) is 17.2 Å². The molecule has 5 aromatic rings. The molecule has 2 heterocycles. The van der Waals surface area contributed by atoms with E-state index in [4.69, 9.17) is 0 Å². The van der Waals surface area contributed by atoms with Crippen molar-refractivity contribution < 1.29 is 4.39 Å². The molecule has 2 N–H and O–H groups in total. The topological polar surface area (TPSA) is 67.6 Å². The molecule has 0 bridgehead atoms. The van der Waals surface area contributed by atoms with E-state index < -0.39 is 0 Å². The van der Waals surface area contributed by atoms with Crippen molar-refractivity contribution in [1.29, 1.82) is 0 Å². The number of hydrogen-bond donors (Lipinski definition) is 2. The van der Waals surface area contributed by atoms with E-state index in [0.29, 0.717) is 43.1 Å². The zero-order chi connectivity index (χ0) is 25.5. The second-order valence-electron chi connectivity index (χ2n) is 9.03. The monoisotopic (exact) mass is 495 g/mol. The van der Waals surface area contributed by atoms with Crippen LogP contribution in [-0.4, -0.2) is 25.6 Å². The smallest absolute Gasteiger partial charge is 0.327 e. The Morgan fingerprint density at radius 3 is 2.22 bits per heavy atom. The Morgan fingerprint density at radius 2 is 1.57 bits per heavy atom. The maximum atomic E-state index is 14.9. The van der Waals surface area contributed by atoms with Crippen molar-refractivity contribution >= 4 is 5.82 Å². The maximum Gasteiger partial charge on any atom is 0.327 e. The number of anilines is 1. The van der Waals surface area contributed by atoms with Gasteiger partial charge in [-0.2, -0.15) is 0 Å². The summed E-state index contributed by atoms with van der Waals surface area (Å²) in [6.07, 6.45) is 6.88. The summed E-state index contributed by atoms with van der Waals surface area (Å²) in [5, 5.41) is 3.42. The zero-order valence-electron chi connectivity index (χ0n) is 20.6. The predicted molar refractivity (Wildman–Crippen MR) is 145 cm³/mol. The van der Waals surface area contributed by atoms with Gasteiger partial charge in [-0.05, 0) is 36.1 Å². The molecule has 5 rings (SSSR count). The molecule has 0 aliphatic heterocycles. The molecule has 0 spiro atoms. The molecule has 3 aromatic carbocycles. The first kappa shape index (κ1) is 24.3. The van der Waals surface area contributed by atoms with Crippen LogP contribution in [0.15, 0.2) is 108 Å². The molecule has 0 aliphatic carbocycles. The minimum absolute atomic E-state index is 0.191. The van der Waals surface area contributed by atoms with Gasteiger partial charge in [0.15, 0.2) is 0 Å². The number of H-pyrrole nitrogens is 1. The van der Waals surface area contributed by atoms with Crippen LogP contribution in [0.1, 0.15) is 29.9 Å². The van der Waals surface area contributed by atoms with Crippen LogP contribution in [0, 0.1) is 5.82 Å². The lowest BCUT2D eigenvalue weighted by Gasteiger charge is -2.19. The Hall–Kier alpha value is -4.39. The first-order valence-electron chi connectivity index (χ1n) is 12.6. The molecule has 0 amide bonds. The molecular weight excluding hydrogens is 465 g/mol. The largest absolute Gasteiger partial charge is 0.370 e. The van der Waals surface area contributed by atoms with Gasteiger partial charge in [-0.25, -0.2) is 14.2 Å². The summed E-state index contributed by atoms with van der Waals surface area (Å²) in [6.45, 7) is 1.77. The van der Waals surface area contributed by atoms with Crippen LogP contribution < -0.4 is 11.0 Å². The molecule has 0 fully saturated rings. The van der Waals surface area contributed by atoms with Gasteiger partial charge in [-0.3, -0.25) is 9.55 Å². The summed E-state index contributed by atoms with van der Waals surface area (Å²) in [4.78, 5) is 20.0. The Labute approximate surface area is 215 Å². The Balaban J connectivity index is 1.39. The fourth-order valence-electron chi connectivity index (χ4n) is 4.81. The molecule has 0 atom stereocenters. The Bertz CT molecular complexity index is 1420. The lowest BCUT2D eigenvalue weighted by Crippen LogP contribution is -2.19. The van der Waals surface area contributed by atoms with Gasteiger partial charge in [0.25, 0.3) is 0 Å². The highest BCUT2D eigenvalue weighted by molar-refractivity contribution is 5.72. The van der Waals surface area contributed by atoms with Crippen molar-refractivity contribution in [3.05, 3.63) is 131 Å². The third-order valence-corrected chi connectivity index (χ3v) is 6.61. The van der Waals surface area contributed by atoms with E-state index in [2.05, 4.69) is 63.8 Å². The van der Waals surface area contributed by atoms with Crippen LogP contribution in [0.2, 0.25) is 0 Å². The number of rotatable bonds is 11. The van der Waals surface area contributed by atoms with Crippen molar-refractivity contribution in [3.8, 4) is 11.3 Å². The van der Waals surface area contributed by atoms with Crippen LogP contribution in [0.3, 0.4) is 0 Å². The molecule has 0 radical (unpaired) electrons. The van der Waals surface area contributed by atoms with E-state index in [0.717, 1.165) is 6.42 Å². The number of nitrogens with zero attached hydrogens (tertiary/aromatic N) is 3. The Kier molecular flexibility index (Phi) is 7.60. The number of halogens is 1. The summed E-state index contributed by atoms with van der Waals surface area (Å²) in [5.74, 6) is 0.368. The van der Waals surface area contributed by atoms with Gasteiger partial charge in [0.2, 0.25) is 0 Å². The zero-order valence-corrected chi connectivity index (χ0v) is 20.6. The van der Waals surface area contributed by atoms with Crippen LogP contribution in [0.4, 0.5) is 10.2 Å². The van der Waals surface area contributed by atoms with Gasteiger partial charge in [0, 0.05) is 43.5 Å². The highest BCUT2D eigenvalue weighted by Gasteiger charge is 2.20. The highest BCUT2D eigenvalue weighted by Crippen LogP contribution is 2.30. The minimum atomic E-state index is -0.362. The van der Waals surface area contributed by atoms with E-state index >= 15 is 0 Å². The predicted octanol–water partition coefficient (Wildman–Crippen LogP) is 5.90. The third-order valence-electron chi connectivity index (χ3n) is 6.61. The molecule has 0 saturated heterocycles. The molecule has 188 valence electrons. The molecule has 0 unspecified atom stereocenters. The average molecular weight is 496 g/mol. The highest BCUT2D eigenvalue weighted by atomic mass is 19.1. The second kappa shape index (κ2) is 11.6. The van der Waals surface area contributed by atoms with E-state index in [-0.39, 0.29) is 17.4 Å². The average Bonchev–Trinajstić information content (AvgIpc) is 3.56. The number of aromatic nitrogens is 4. The summed E-state index contributed by atoms with van der Waals surface area (Å²) >= 11 is 0. The number of imidazole rings is 2. The van der Waals surface area contributed by atoms with E-state index in [9.17, 15) is 9.18 Å². The van der Waals surface area contributed by atoms with Crippen molar-refractivity contribution in [2.45, 2.75) is 31.8 Å². The molecule has 6 nitrogen and oxygen atoms in total. The number of benzene rings is 3. The first-order valence-corrected chi connectivity index (χ1v) is 12.6. The molecule has 0 aliphatic rings. The van der Waals surface area contributed by atoms with Crippen molar-refractivity contribution in [3.63, 3.8) is 0 Å². The summed E-state index contributed by atoms with van der Waals surface area (Å²) < 4.78 is 18.5. The lowest BCUT2D eigenvalue weighted by molar-refractivity contribution is 0.555.